The molecule has 8 rings (SSSR count). The van der Waals surface area contributed by atoms with Crippen molar-refractivity contribution in [3.05, 3.63) is 46.5 Å². The van der Waals surface area contributed by atoms with E-state index in [2.05, 4.69) is 38.5 Å². The van der Waals surface area contributed by atoms with Crippen molar-refractivity contribution in [3.63, 3.8) is 0 Å². The van der Waals surface area contributed by atoms with Crippen LogP contribution >= 0.6 is 11.6 Å². The quantitative estimate of drug-likeness (QED) is 0.211. The smallest absolute Gasteiger partial charge is 0.241 e. The van der Waals surface area contributed by atoms with Crippen LogP contribution in [0, 0.1) is 18.2 Å². The van der Waals surface area contributed by atoms with Crippen molar-refractivity contribution >= 4 is 56.9 Å². The molecule has 2 aromatic heterocycles. The maximum atomic E-state index is 17.7. The molecule has 0 N–H and O–H groups in total. The number of aliphatic imine (C=N–C) groups is 1. The number of hydrogen-bond donors (Lipinski definition) is 0. The number of hydrogen-bond acceptors (Lipinski definition) is 9. The molecule has 2 unspecified atom stereocenters. The van der Waals surface area contributed by atoms with Crippen LogP contribution in [0.2, 0.25) is 5.02 Å². The van der Waals surface area contributed by atoms with Crippen LogP contribution in [0.15, 0.2) is 35.1 Å². The normalized spacial score (nSPS) is 24.8. The fourth-order valence-corrected chi connectivity index (χ4v) is 8.96. The standard InChI is InChI=1S/C38H43ClFN7O3/c1-20-11-12-22-15-42-47(28-10-8-9-13-49-28)33(22)29(20)30-25(39)14-24-32(31(30)40)43-37-35-34(24)46-26(16-41-21(2)36(46)38(3,4)5)27(19-48)45(35)18-23(50-37)17-44(6)7/h11-12,14-16,21,23,26,28,36H,8-10,13,17-18H2,1-7H3/t21-,23-,26+,28?,36?/m1/s1. The first-order valence-corrected chi connectivity index (χ1v) is 17.9. The van der Waals surface area contributed by atoms with E-state index in [1.165, 1.54) is 0 Å². The molecule has 2 aromatic carbocycles. The fourth-order valence-electron chi connectivity index (χ4n) is 8.67. The Bertz CT molecular complexity index is 2110. The van der Waals surface area contributed by atoms with Crippen LogP contribution in [0.4, 0.5) is 15.8 Å². The van der Waals surface area contributed by atoms with Gasteiger partial charge in [-0.2, -0.15) is 5.10 Å². The molecule has 12 heteroatoms. The van der Waals surface area contributed by atoms with Gasteiger partial charge in [-0.3, -0.25) is 4.99 Å². The number of fused-ring (bicyclic) bond motifs is 5. The van der Waals surface area contributed by atoms with Crippen LogP contribution in [0.3, 0.4) is 0 Å². The molecular weight excluding hydrogens is 657 g/mol. The van der Waals surface area contributed by atoms with Gasteiger partial charge >= 0.3 is 0 Å². The Kier molecular flexibility index (Phi) is 7.99. The van der Waals surface area contributed by atoms with E-state index in [0.717, 1.165) is 41.4 Å². The van der Waals surface area contributed by atoms with Gasteiger partial charge in [0.25, 0.3) is 0 Å². The minimum absolute atomic E-state index is 0.113. The van der Waals surface area contributed by atoms with Gasteiger partial charge in [0.05, 0.1) is 41.1 Å². The predicted octanol–water partition coefficient (Wildman–Crippen LogP) is 6.97. The maximum absolute atomic E-state index is 17.7. The van der Waals surface area contributed by atoms with E-state index in [9.17, 15) is 4.79 Å². The van der Waals surface area contributed by atoms with E-state index in [1.807, 2.05) is 59.9 Å². The van der Waals surface area contributed by atoms with Crippen molar-refractivity contribution in [3.8, 4) is 17.0 Å². The Hall–Kier alpha value is -4.02. The lowest BCUT2D eigenvalue weighted by Crippen LogP contribution is -2.63. The van der Waals surface area contributed by atoms with E-state index in [-0.39, 0.29) is 51.8 Å². The van der Waals surface area contributed by atoms with E-state index < -0.39 is 11.9 Å². The average molecular weight is 700 g/mol. The first kappa shape index (κ1) is 33.1. The fraction of sp³-hybridized carbons (Fsp3) is 0.500. The zero-order valence-corrected chi connectivity index (χ0v) is 30.4. The number of benzene rings is 2. The Balaban J connectivity index is 1.44. The second-order valence-corrected chi connectivity index (χ2v) is 15.9. The molecule has 5 atom stereocenters. The van der Waals surface area contributed by atoms with Crippen LogP contribution in [-0.4, -0.2) is 89.8 Å². The van der Waals surface area contributed by atoms with Crippen LogP contribution in [0.1, 0.15) is 58.7 Å². The number of pyridine rings is 1. The van der Waals surface area contributed by atoms with Gasteiger partial charge in [0.2, 0.25) is 5.88 Å². The highest BCUT2D eigenvalue weighted by Gasteiger charge is 2.50. The summed E-state index contributed by atoms with van der Waals surface area (Å²) in [5, 5.41) is 6.41. The number of nitrogens with zero attached hydrogens (tertiary/aromatic N) is 7. The second-order valence-electron chi connectivity index (χ2n) is 15.5. The van der Waals surface area contributed by atoms with Gasteiger partial charge in [0, 0.05) is 41.3 Å². The summed E-state index contributed by atoms with van der Waals surface area (Å²) in [5.41, 5.74) is 4.25. The number of aromatic nitrogens is 3. The minimum Gasteiger partial charge on any atom is -0.470 e. The van der Waals surface area contributed by atoms with Crippen molar-refractivity contribution in [2.75, 3.05) is 43.6 Å². The van der Waals surface area contributed by atoms with Gasteiger partial charge in [-0.1, -0.05) is 44.5 Å². The highest BCUT2D eigenvalue weighted by atomic mass is 35.5. The molecule has 4 aliphatic heterocycles. The van der Waals surface area contributed by atoms with Gasteiger partial charge in [-0.25, -0.2) is 18.9 Å². The van der Waals surface area contributed by atoms with Gasteiger partial charge < -0.3 is 24.2 Å². The molecule has 1 fully saturated rings. The molecule has 6 heterocycles. The number of anilines is 2. The van der Waals surface area contributed by atoms with Crippen molar-refractivity contribution in [1.82, 2.24) is 19.7 Å². The summed E-state index contributed by atoms with van der Waals surface area (Å²) in [6.45, 7) is 12.2. The van der Waals surface area contributed by atoms with Crippen LogP contribution < -0.4 is 14.5 Å². The molecule has 0 amide bonds. The number of ether oxygens (including phenoxy) is 2. The summed E-state index contributed by atoms with van der Waals surface area (Å²) < 4.78 is 32.3. The first-order valence-electron chi connectivity index (χ1n) is 17.5. The largest absolute Gasteiger partial charge is 0.470 e. The summed E-state index contributed by atoms with van der Waals surface area (Å²) in [5.74, 6) is 2.01. The Morgan fingerprint density at radius 2 is 1.96 bits per heavy atom. The monoisotopic (exact) mass is 699 g/mol. The van der Waals surface area contributed by atoms with Crippen LogP contribution in [-0.2, 0) is 9.53 Å². The highest BCUT2D eigenvalue weighted by molar-refractivity contribution is 6.35. The van der Waals surface area contributed by atoms with E-state index in [1.54, 1.807) is 6.20 Å². The molecule has 0 bridgehead atoms. The number of halogens is 2. The van der Waals surface area contributed by atoms with Gasteiger partial charge in [-0.05, 0) is 64.3 Å². The summed E-state index contributed by atoms with van der Waals surface area (Å²) in [6, 6.07) is 5.03. The summed E-state index contributed by atoms with van der Waals surface area (Å²) >= 11 is 7.26. The molecular formula is C38H43ClFN7O3. The van der Waals surface area contributed by atoms with Crippen LogP contribution in [0.25, 0.3) is 32.9 Å². The molecule has 0 aliphatic carbocycles. The molecule has 50 heavy (non-hydrogen) atoms. The predicted molar refractivity (Wildman–Crippen MR) is 196 cm³/mol. The average Bonchev–Trinajstić information content (AvgIpc) is 3.50. The second kappa shape index (κ2) is 12.0. The Labute approximate surface area is 296 Å². The van der Waals surface area contributed by atoms with Crippen molar-refractivity contribution < 1.29 is 18.7 Å². The Morgan fingerprint density at radius 3 is 2.66 bits per heavy atom. The minimum atomic E-state index is -0.538. The molecule has 262 valence electrons. The molecule has 0 spiro atoms. The van der Waals surface area contributed by atoms with E-state index in [0.29, 0.717) is 42.0 Å². The topological polar surface area (TPSA) is 88.3 Å². The molecule has 0 radical (unpaired) electrons. The zero-order valence-electron chi connectivity index (χ0n) is 29.6. The third-order valence-electron chi connectivity index (χ3n) is 10.6. The molecule has 0 saturated carbocycles. The number of aryl methyl sites for hydroxylation is 1. The van der Waals surface area contributed by atoms with Crippen molar-refractivity contribution in [2.24, 2.45) is 10.4 Å². The maximum Gasteiger partial charge on any atom is 0.241 e. The molecule has 4 aromatic rings. The third kappa shape index (κ3) is 5.04. The number of carbonyl (C=O) groups excluding carboxylic acids is 1. The molecule has 10 nitrogen and oxygen atoms in total. The first-order chi connectivity index (χ1) is 23.9. The van der Waals surface area contributed by atoms with Gasteiger partial charge in [0.15, 0.2) is 12.0 Å². The van der Waals surface area contributed by atoms with Crippen LogP contribution in [0.5, 0.6) is 5.88 Å². The van der Waals surface area contributed by atoms with E-state index in [4.69, 9.17) is 36.1 Å². The Morgan fingerprint density at radius 1 is 1.16 bits per heavy atom. The van der Waals surface area contributed by atoms with E-state index >= 15 is 4.39 Å². The molecule has 4 aliphatic rings. The third-order valence-corrected chi connectivity index (χ3v) is 10.9. The van der Waals surface area contributed by atoms with Gasteiger partial charge in [0.1, 0.15) is 35.0 Å². The lowest BCUT2D eigenvalue weighted by atomic mass is 9.78. The SMILES string of the molecule is Cc1ccc2cnn(C3CCCCO3)c2c1-c1c(Cl)cc2c3c4c(nc2c1F)O[C@H](CN(C)C)CN4C(=C=O)[C@@H]1C=N[C@H](C)C(C(C)(C)C)N31. The molecule has 1 saturated heterocycles. The van der Waals surface area contributed by atoms with Crippen molar-refractivity contribution in [1.29, 1.82) is 0 Å². The van der Waals surface area contributed by atoms with Crippen molar-refractivity contribution in [2.45, 2.75) is 84.3 Å². The lowest BCUT2D eigenvalue weighted by Gasteiger charge is -2.55. The summed E-state index contributed by atoms with van der Waals surface area (Å²) in [7, 11) is 3.94. The summed E-state index contributed by atoms with van der Waals surface area (Å²) in [4.78, 5) is 28.9. The highest BCUT2D eigenvalue weighted by Crippen LogP contribution is 2.55. The number of likely N-dealkylation sites (N-methyl/N-ethyl adjacent to an activating group) is 1. The zero-order chi connectivity index (χ0) is 35.2. The van der Waals surface area contributed by atoms with Gasteiger partial charge in [-0.15, -0.1) is 0 Å². The lowest BCUT2D eigenvalue weighted by molar-refractivity contribution is -0.0366. The number of rotatable bonds is 4. The summed E-state index contributed by atoms with van der Waals surface area (Å²) in [6.07, 6.45) is 5.91.